The first-order valence-electron chi connectivity index (χ1n) is 11.3. The number of anilines is 1. The number of carbonyl (C=O) groups is 1. The molecule has 2 aromatic rings. The lowest BCUT2D eigenvalue weighted by atomic mass is 9.90. The van der Waals surface area contributed by atoms with Crippen LogP contribution >= 0.6 is 0 Å². The summed E-state index contributed by atoms with van der Waals surface area (Å²) in [6.07, 6.45) is 4.98. The summed E-state index contributed by atoms with van der Waals surface area (Å²) in [5.74, 6) is 0.652. The molecular weight excluding hydrogens is 423 g/mol. The summed E-state index contributed by atoms with van der Waals surface area (Å²) in [5, 5.41) is 17.1. The van der Waals surface area contributed by atoms with Gasteiger partial charge in [-0.15, -0.1) is 0 Å². The Balaban J connectivity index is 1.40. The zero-order valence-electron chi connectivity index (χ0n) is 18.9. The van der Waals surface area contributed by atoms with Crippen LogP contribution < -0.4 is 10.6 Å². The molecule has 0 aromatic heterocycles. The van der Waals surface area contributed by atoms with Gasteiger partial charge in [0.2, 0.25) is 0 Å². The van der Waals surface area contributed by atoms with E-state index in [9.17, 15) is 19.3 Å². The number of nitrogens with zero attached hydrogens (tertiary/aromatic N) is 2. The Morgan fingerprint density at radius 1 is 1.21 bits per heavy atom. The second-order valence-corrected chi connectivity index (χ2v) is 8.49. The lowest BCUT2D eigenvalue weighted by Gasteiger charge is -2.32. The average molecular weight is 455 g/mol. The van der Waals surface area contributed by atoms with Crippen molar-refractivity contribution in [2.75, 3.05) is 31.5 Å². The highest BCUT2D eigenvalue weighted by Crippen LogP contribution is 2.22. The summed E-state index contributed by atoms with van der Waals surface area (Å²) in [7, 11) is 0. The second kappa shape index (κ2) is 12.1. The summed E-state index contributed by atoms with van der Waals surface area (Å²) in [6.45, 7) is 5.05. The molecule has 0 unspecified atom stereocenters. The third-order valence-corrected chi connectivity index (χ3v) is 5.89. The molecule has 1 saturated heterocycles. The van der Waals surface area contributed by atoms with Gasteiger partial charge in [-0.05, 0) is 88.0 Å². The van der Waals surface area contributed by atoms with E-state index in [0.717, 1.165) is 51.5 Å². The minimum atomic E-state index is -0.504. The largest absolute Gasteiger partial charge is 0.366 e. The number of rotatable bonds is 11. The molecule has 1 aliphatic rings. The van der Waals surface area contributed by atoms with E-state index in [1.807, 2.05) is 12.1 Å². The number of likely N-dealkylation sites (tertiary alicyclic amines) is 1. The normalized spacial score (nSPS) is 15.3. The number of nitro groups is 1. The molecule has 0 spiro atoms. The predicted molar refractivity (Wildman–Crippen MR) is 127 cm³/mol. The molecule has 0 atom stereocenters. The zero-order valence-corrected chi connectivity index (χ0v) is 18.9. The Kier molecular flexibility index (Phi) is 8.95. The molecule has 0 saturated carbocycles. The van der Waals surface area contributed by atoms with Crippen LogP contribution in [0.5, 0.6) is 0 Å². The molecule has 0 aliphatic carbocycles. The van der Waals surface area contributed by atoms with E-state index in [2.05, 4.69) is 15.5 Å². The number of ketones is 1. The maximum Gasteiger partial charge on any atom is 0.274 e. The van der Waals surface area contributed by atoms with Gasteiger partial charge in [0.15, 0.2) is 11.6 Å². The Morgan fingerprint density at radius 2 is 1.94 bits per heavy atom. The molecule has 1 aliphatic heterocycles. The van der Waals surface area contributed by atoms with Crippen LogP contribution in [0.4, 0.5) is 10.1 Å². The van der Waals surface area contributed by atoms with Gasteiger partial charge in [0.25, 0.3) is 6.20 Å². The number of Topliss-reactive ketones (excluding diaryl/α,β-unsaturated/α-hetero) is 1. The van der Waals surface area contributed by atoms with Crippen LogP contribution in [-0.2, 0) is 6.42 Å². The number of halogens is 1. The topological polar surface area (TPSA) is 87.5 Å². The second-order valence-electron chi connectivity index (χ2n) is 8.49. The molecule has 3 rings (SSSR count). The predicted octanol–water partition coefficient (Wildman–Crippen LogP) is 4.45. The van der Waals surface area contributed by atoms with Gasteiger partial charge >= 0.3 is 0 Å². The van der Waals surface area contributed by atoms with Gasteiger partial charge in [0.1, 0.15) is 5.82 Å². The molecule has 0 bridgehead atoms. The fraction of sp³-hybridized carbons (Fsp3) is 0.400. The van der Waals surface area contributed by atoms with Crippen molar-refractivity contribution in [2.24, 2.45) is 5.92 Å². The Morgan fingerprint density at radius 3 is 2.61 bits per heavy atom. The van der Waals surface area contributed by atoms with Crippen molar-refractivity contribution in [2.45, 2.75) is 32.6 Å². The van der Waals surface area contributed by atoms with E-state index in [4.69, 9.17) is 0 Å². The third-order valence-electron chi connectivity index (χ3n) is 5.89. The summed E-state index contributed by atoms with van der Waals surface area (Å²) >= 11 is 0. The van der Waals surface area contributed by atoms with Crippen LogP contribution in [0.3, 0.4) is 0 Å². The number of benzene rings is 2. The van der Waals surface area contributed by atoms with E-state index in [0.29, 0.717) is 29.5 Å². The van der Waals surface area contributed by atoms with Crippen molar-refractivity contribution in [3.63, 3.8) is 0 Å². The van der Waals surface area contributed by atoms with Gasteiger partial charge in [-0.1, -0.05) is 24.3 Å². The number of hydrogen-bond acceptors (Lipinski definition) is 6. The third kappa shape index (κ3) is 8.31. The molecule has 2 aromatic carbocycles. The standard InChI is InChI=1S/C25H31FN4O3/c1-19(31)22-4-2-5-24(17-22)28-25(18-30(32)33)27-12-3-13-29-14-10-21(11-15-29)16-20-6-8-23(26)9-7-20/h2,4-9,17-18,21,27-28H,3,10-16H2,1H3/b25-18-. The lowest BCUT2D eigenvalue weighted by molar-refractivity contribution is -0.403. The Hall–Kier alpha value is -3.26. The zero-order chi connectivity index (χ0) is 23.6. The fourth-order valence-electron chi connectivity index (χ4n) is 4.09. The minimum absolute atomic E-state index is 0.0622. The maximum absolute atomic E-state index is 13.1. The lowest BCUT2D eigenvalue weighted by Crippen LogP contribution is -2.36. The van der Waals surface area contributed by atoms with Crippen molar-refractivity contribution in [3.8, 4) is 0 Å². The van der Waals surface area contributed by atoms with Gasteiger partial charge in [0.05, 0.1) is 4.92 Å². The highest BCUT2D eigenvalue weighted by Gasteiger charge is 2.19. The van der Waals surface area contributed by atoms with E-state index < -0.39 is 4.92 Å². The van der Waals surface area contributed by atoms with Crippen molar-refractivity contribution in [3.05, 3.63) is 87.6 Å². The molecular formula is C25H31FN4O3. The van der Waals surface area contributed by atoms with E-state index in [1.54, 1.807) is 24.3 Å². The monoisotopic (exact) mass is 454 g/mol. The van der Waals surface area contributed by atoms with Crippen molar-refractivity contribution in [1.82, 2.24) is 10.2 Å². The van der Waals surface area contributed by atoms with E-state index >= 15 is 0 Å². The molecule has 7 nitrogen and oxygen atoms in total. The first kappa shape index (κ1) is 24.4. The van der Waals surface area contributed by atoms with Crippen LogP contribution in [0.2, 0.25) is 0 Å². The van der Waals surface area contributed by atoms with Crippen LogP contribution in [0, 0.1) is 21.8 Å². The van der Waals surface area contributed by atoms with Gasteiger partial charge < -0.3 is 15.5 Å². The van der Waals surface area contributed by atoms with Crippen LogP contribution in [-0.4, -0.2) is 41.8 Å². The van der Waals surface area contributed by atoms with Crippen molar-refractivity contribution >= 4 is 11.5 Å². The average Bonchev–Trinajstić information content (AvgIpc) is 2.79. The summed E-state index contributed by atoms with van der Waals surface area (Å²) < 4.78 is 13.1. The summed E-state index contributed by atoms with van der Waals surface area (Å²) in [4.78, 5) is 24.5. The molecule has 1 heterocycles. The molecule has 0 radical (unpaired) electrons. The molecule has 176 valence electrons. The fourth-order valence-corrected chi connectivity index (χ4v) is 4.09. The van der Waals surface area contributed by atoms with Gasteiger partial charge in [-0.3, -0.25) is 14.9 Å². The molecule has 1 fully saturated rings. The van der Waals surface area contributed by atoms with E-state index in [-0.39, 0.29) is 11.6 Å². The van der Waals surface area contributed by atoms with E-state index in [1.165, 1.54) is 24.6 Å². The van der Waals surface area contributed by atoms with Crippen molar-refractivity contribution in [1.29, 1.82) is 0 Å². The number of piperidine rings is 1. The van der Waals surface area contributed by atoms with Crippen molar-refractivity contribution < 1.29 is 14.1 Å². The number of nitrogens with one attached hydrogen (secondary N) is 2. The number of carbonyl (C=O) groups excluding carboxylic acids is 1. The Bertz CT molecular complexity index is 970. The highest BCUT2D eigenvalue weighted by atomic mass is 19.1. The maximum atomic E-state index is 13.1. The first-order chi connectivity index (χ1) is 15.9. The summed E-state index contributed by atoms with van der Waals surface area (Å²) in [6, 6.07) is 13.7. The van der Waals surface area contributed by atoms with Gasteiger partial charge in [-0.25, -0.2) is 4.39 Å². The quantitative estimate of drug-likeness (QED) is 0.226. The SMILES string of the molecule is CC(=O)c1cccc(N/C(=C\[N+](=O)[O-])NCCCN2CCC(Cc3ccc(F)cc3)CC2)c1. The van der Waals surface area contributed by atoms with Crippen LogP contribution in [0.15, 0.2) is 60.6 Å². The molecule has 2 N–H and O–H groups in total. The molecule has 33 heavy (non-hydrogen) atoms. The molecule has 8 heteroatoms. The smallest absolute Gasteiger partial charge is 0.274 e. The summed E-state index contributed by atoms with van der Waals surface area (Å²) in [5.41, 5.74) is 2.35. The van der Waals surface area contributed by atoms with Crippen LogP contribution in [0.25, 0.3) is 0 Å². The minimum Gasteiger partial charge on any atom is -0.366 e. The van der Waals surface area contributed by atoms with Gasteiger partial charge in [0, 0.05) is 17.8 Å². The van der Waals surface area contributed by atoms with Crippen LogP contribution in [0.1, 0.15) is 42.1 Å². The number of hydrogen-bond donors (Lipinski definition) is 2. The Labute approximate surface area is 193 Å². The molecule has 0 amide bonds. The highest BCUT2D eigenvalue weighted by molar-refractivity contribution is 5.94. The van der Waals surface area contributed by atoms with Gasteiger partial charge in [-0.2, -0.15) is 0 Å². The first-order valence-corrected chi connectivity index (χ1v) is 11.3.